The first-order valence-electron chi connectivity index (χ1n) is 16.8. The highest BCUT2D eigenvalue weighted by Gasteiger charge is 2.29. The average Bonchev–Trinajstić information content (AvgIpc) is 2.85. The van der Waals surface area contributed by atoms with E-state index >= 15 is 0 Å². The van der Waals surface area contributed by atoms with Crippen LogP contribution in [0.2, 0.25) is 0 Å². The van der Waals surface area contributed by atoms with Crippen LogP contribution in [0.1, 0.15) is 195 Å². The second-order valence-electron chi connectivity index (χ2n) is 12.7. The summed E-state index contributed by atoms with van der Waals surface area (Å²) in [6.45, 7) is 9.64. The molecule has 0 aliphatic carbocycles. The highest BCUT2D eigenvalue weighted by atomic mass is 35.5. The van der Waals surface area contributed by atoms with Crippen molar-refractivity contribution in [2.24, 2.45) is 0 Å². The van der Waals surface area contributed by atoms with Crippen molar-refractivity contribution in [3.8, 4) is 0 Å². The molecule has 0 N–H and O–H groups in total. The molecule has 0 fully saturated rings. The Balaban J connectivity index is 0. The van der Waals surface area contributed by atoms with Gasteiger partial charge in [-0.25, -0.2) is 0 Å². The lowest BCUT2D eigenvalue weighted by molar-refractivity contribution is -0.935. The molecule has 0 radical (unpaired) electrons. The Hall–Kier alpha value is 0.250. The number of quaternary nitrogens is 1. The Morgan fingerprint density at radius 1 is 0.361 bits per heavy atom. The van der Waals surface area contributed by atoms with Gasteiger partial charge >= 0.3 is 0 Å². The predicted molar refractivity (Wildman–Crippen MR) is 162 cm³/mol. The maximum atomic E-state index is 2.51. The molecule has 0 spiro atoms. The normalized spacial score (nSPS) is 13.5. The van der Waals surface area contributed by atoms with Crippen LogP contribution < -0.4 is 12.4 Å². The van der Waals surface area contributed by atoms with Crippen molar-refractivity contribution < 1.29 is 16.9 Å². The van der Waals surface area contributed by atoms with Crippen molar-refractivity contribution in [3.05, 3.63) is 0 Å². The molecule has 220 valence electrons. The van der Waals surface area contributed by atoms with Crippen LogP contribution in [0.4, 0.5) is 0 Å². The fourth-order valence-corrected chi connectivity index (χ4v) is 5.66. The van der Waals surface area contributed by atoms with Gasteiger partial charge in [-0.3, -0.25) is 0 Å². The summed E-state index contributed by atoms with van der Waals surface area (Å²) >= 11 is 0. The van der Waals surface area contributed by atoms with Gasteiger partial charge in [0.2, 0.25) is 0 Å². The summed E-state index contributed by atoms with van der Waals surface area (Å²) in [5, 5.41) is 0. The van der Waals surface area contributed by atoms with Gasteiger partial charge in [0, 0.05) is 0 Å². The van der Waals surface area contributed by atoms with E-state index in [1.54, 1.807) is 0 Å². The smallest absolute Gasteiger partial charge is 0.0859 e. The molecule has 0 bridgehead atoms. The summed E-state index contributed by atoms with van der Waals surface area (Å²) in [5.41, 5.74) is 0. The molecule has 0 rings (SSSR count). The summed E-state index contributed by atoms with van der Waals surface area (Å²) in [6.07, 6.45) is 37.7. The minimum absolute atomic E-state index is 0. The molecule has 0 aromatic rings. The van der Waals surface area contributed by atoms with E-state index in [9.17, 15) is 0 Å². The molecular formula is C34H72ClN. The number of unbranched alkanes of at least 4 members (excludes halogenated alkanes) is 22. The molecule has 0 heterocycles. The standard InChI is InChI=1S/C34H72N.ClH/c1-7-9-11-13-15-17-19-21-23-25-27-29-31-33(3)35(5,6)34(4)32-30-28-26-24-22-20-18-16-14-12-10-8-2;/h33-34H,7-32H2,1-6H3;1H/q+1;/p-1. The molecule has 0 aliphatic heterocycles. The molecule has 0 saturated heterocycles. The lowest BCUT2D eigenvalue weighted by Crippen LogP contribution is -3.00. The van der Waals surface area contributed by atoms with Crippen molar-refractivity contribution in [2.45, 2.75) is 207 Å². The number of nitrogens with zero attached hydrogens (tertiary/aromatic N) is 1. The number of halogens is 1. The van der Waals surface area contributed by atoms with Crippen LogP contribution in [0.5, 0.6) is 0 Å². The second kappa shape index (κ2) is 28.3. The third-order valence-electron chi connectivity index (χ3n) is 9.22. The molecule has 1 nitrogen and oxygen atoms in total. The molecule has 2 heteroatoms. The van der Waals surface area contributed by atoms with Gasteiger partial charge < -0.3 is 16.9 Å². The van der Waals surface area contributed by atoms with Crippen molar-refractivity contribution in [1.82, 2.24) is 0 Å². The number of rotatable bonds is 28. The Morgan fingerprint density at radius 3 is 0.778 bits per heavy atom. The van der Waals surface area contributed by atoms with E-state index in [1.165, 1.54) is 171 Å². The van der Waals surface area contributed by atoms with Gasteiger partial charge in [-0.05, 0) is 39.5 Å². The van der Waals surface area contributed by atoms with E-state index in [-0.39, 0.29) is 12.4 Å². The van der Waals surface area contributed by atoms with Crippen LogP contribution in [-0.2, 0) is 0 Å². The number of hydrogen-bond donors (Lipinski definition) is 0. The van der Waals surface area contributed by atoms with Gasteiger partial charge in [0.15, 0.2) is 0 Å². The maximum absolute atomic E-state index is 2.51. The van der Waals surface area contributed by atoms with E-state index in [4.69, 9.17) is 0 Å². The first-order chi connectivity index (χ1) is 17.0. The largest absolute Gasteiger partial charge is 1.00 e. The zero-order valence-corrected chi connectivity index (χ0v) is 27.1. The van der Waals surface area contributed by atoms with Crippen molar-refractivity contribution in [2.75, 3.05) is 14.1 Å². The summed E-state index contributed by atoms with van der Waals surface area (Å²) in [5.74, 6) is 0. The third-order valence-corrected chi connectivity index (χ3v) is 9.22. The Labute approximate surface area is 237 Å². The molecule has 0 amide bonds. The minimum atomic E-state index is 0. The Kier molecular flexibility index (Phi) is 30.1. The molecule has 36 heavy (non-hydrogen) atoms. The predicted octanol–water partition coefficient (Wildman–Crippen LogP) is 9.03. The lowest BCUT2D eigenvalue weighted by Gasteiger charge is -2.42. The Morgan fingerprint density at radius 2 is 0.556 bits per heavy atom. The van der Waals surface area contributed by atoms with Gasteiger partial charge in [-0.2, -0.15) is 0 Å². The second-order valence-corrected chi connectivity index (χ2v) is 12.7. The van der Waals surface area contributed by atoms with E-state index in [1.807, 2.05) is 0 Å². The first kappa shape index (κ1) is 38.4. The third kappa shape index (κ3) is 23.4. The average molecular weight is 530 g/mol. The van der Waals surface area contributed by atoms with Gasteiger partial charge in [0.05, 0.1) is 26.2 Å². The van der Waals surface area contributed by atoms with Crippen LogP contribution >= 0.6 is 0 Å². The Bertz CT molecular complexity index is 372. The van der Waals surface area contributed by atoms with Crippen LogP contribution in [0, 0.1) is 0 Å². The molecule has 0 saturated carbocycles. The number of hydrogen-bond acceptors (Lipinski definition) is 0. The van der Waals surface area contributed by atoms with Crippen molar-refractivity contribution >= 4 is 0 Å². The zero-order chi connectivity index (χ0) is 26.0. The lowest BCUT2D eigenvalue weighted by atomic mass is 9.99. The quantitative estimate of drug-likeness (QED) is 0.0700. The molecule has 0 aliphatic rings. The van der Waals surface area contributed by atoms with Crippen LogP contribution in [0.3, 0.4) is 0 Å². The minimum Gasteiger partial charge on any atom is -1.00 e. The zero-order valence-electron chi connectivity index (χ0n) is 26.4. The monoisotopic (exact) mass is 530 g/mol. The molecular weight excluding hydrogens is 458 g/mol. The van der Waals surface area contributed by atoms with Crippen LogP contribution in [0.25, 0.3) is 0 Å². The van der Waals surface area contributed by atoms with Crippen molar-refractivity contribution in [1.29, 1.82) is 0 Å². The van der Waals surface area contributed by atoms with Crippen LogP contribution in [-0.4, -0.2) is 30.7 Å². The van der Waals surface area contributed by atoms with E-state index in [0.29, 0.717) is 0 Å². The molecule has 0 aromatic heterocycles. The summed E-state index contributed by atoms with van der Waals surface area (Å²) in [6, 6.07) is 1.59. The summed E-state index contributed by atoms with van der Waals surface area (Å²) in [7, 11) is 4.99. The summed E-state index contributed by atoms with van der Waals surface area (Å²) < 4.78 is 1.22. The molecule has 2 unspecified atom stereocenters. The van der Waals surface area contributed by atoms with E-state index in [0.717, 1.165) is 12.1 Å². The fourth-order valence-electron chi connectivity index (χ4n) is 5.66. The van der Waals surface area contributed by atoms with Gasteiger partial charge in [-0.15, -0.1) is 0 Å². The van der Waals surface area contributed by atoms with Gasteiger partial charge in [-0.1, -0.05) is 155 Å². The van der Waals surface area contributed by atoms with Gasteiger partial charge in [0.1, 0.15) is 0 Å². The van der Waals surface area contributed by atoms with Crippen molar-refractivity contribution in [3.63, 3.8) is 0 Å². The molecule has 2 atom stereocenters. The SMILES string of the molecule is CCCCCCCCCCCCCCC(C)[N+](C)(C)C(C)CCCCCCCCCCCCCC.[Cl-]. The highest BCUT2D eigenvalue weighted by molar-refractivity contribution is 4.60. The maximum Gasteiger partial charge on any atom is 0.0859 e. The van der Waals surface area contributed by atoms with Crippen LogP contribution in [0.15, 0.2) is 0 Å². The fraction of sp³-hybridized carbons (Fsp3) is 1.00. The summed E-state index contributed by atoms with van der Waals surface area (Å²) in [4.78, 5) is 0. The highest BCUT2D eigenvalue weighted by Crippen LogP contribution is 2.23. The van der Waals surface area contributed by atoms with Gasteiger partial charge in [0.25, 0.3) is 0 Å². The first-order valence-corrected chi connectivity index (χ1v) is 16.8. The topological polar surface area (TPSA) is 0 Å². The molecule has 0 aromatic carbocycles. The van der Waals surface area contributed by atoms with E-state index in [2.05, 4.69) is 41.8 Å². The van der Waals surface area contributed by atoms with E-state index < -0.39 is 0 Å².